The Kier molecular flexibility index (Phi) is 10.5. The number of benzene rings is 3. The minimum atomic E-state index is 0.264. The molecular formula is C30H35NOS3. The maximum Gasteiger partial charge on any atom is 0.197 e. The molecule has 0 N–H and O–H groups in total. The van der Waals surface area contributed by atoms with Crippen molar-refractivity contribution in [3.05, 3.63) is 90.0 Å². The van der Waals surface area contributed by atoms with Crippen LogP contribution in [0.15, 0.2) is 97.9 Å². The zero-order valence-electron chi connectivity index (χ0n) is 20.7. The highest BCUT2D eigenvalue weighted by molar-refractivity contribution is 8.17. The average Bonchev–Trinajstić information content (AvgIpc) is 2.87. The van der Waals surface area contributed by atoms with E-state index in [4.69, 9.17) is 9.13 Å². The van der Waals surface area contributed by atoms with Gasteiger partial charge in [0, 0.05) is 33.1 Å². The van der Waals surface area contributed by atoms with Gasteiger partial charge in [-0.2, -0.15) is 4.40 Å². The first kappa shape index (κ1) is 26.2. The molecule has 0 spiro atoms. The van der Waals surface area contributed by atoms with Crippen molar-refractivity contribution in [1.82, 2.24) is 0 Å². The molecule has 1 aliphatic carbocycles. The number of thioether (sulfide) groups is 2. The van der Waals surface area contributed by atoms with E-state index in [-0.39, 0.29) is 4.58 Å². The molecule has 4 rings (SSSR count). The minimum Gasteiger partial charge on any atom is -0.480 e. The third kappa shape index (κ3) is 9.29. The molecule has 0 heterocycles. The van der Waals surface area contributed by atoms with E-state index in [1.54, 1.807) is 0 Å². The molecule has 0 unspecified atom stereocenters. The van der Waals surface area contributed by atoms with Crippen molar-refractivity contribution in [2.45, 2.75) is 71.6 Å². The van der Waals surface area contributed by atoms with Gasteiger partial charge in [0.1, 0.15) is 0 Å². The van der Waals surface area contributed by atoms with Gasteiger partial charge in [0.05, 0.1) is 11.2 Å². The van der Waals surface area contributed by atoms with E-state index < -0.39 is 0 Å². The molecule has 3 aromatic carbocycles. The molecule has 3 aromatic rings. The Morgan fingerprint density at radius 1 is 0.800 bits per heavy atom. The molecule has 35 heavy (non-hydrogen) atoms. The van der Waals surface area contributed by atoms with E-state index in [1.165, 1.54) is 65.0 Å². The summed E-state index contributed by atoms with van der Waals surface area (Å²) >= 11 is 5.33. The maximum atomic E-state index is 6.46. The summed E-state index contributed by atoms with van der Waals surface area (Å²) in [6.07, 6.45) is 7.35. The van der Waals surface area contributed by atoms with E-state index in [1.807, 2.05) is 29.6 Å². The van der Waals surface area contributed by atoms with Crippen LogP contribution in [0.2, 0.25) is 0 Å². The summed E-state index contributed by atoms with van der Waals surface area (Å²) < 4.78 is 11.6. The van der Waals surface area contributed by atoms with Gasteiger partial charge >= 0.3 is 0 Å². The van der Waals surface area contributed by atoms with Crippen LogP contribution in [0, 0.1) is 19.8 Å². The zero-order chi connectivity index (χ0) is 24.3. The fourth-order valence-corrected chi connectivity index (χ4v) is 7.56. The van der Waals surface area contributed by atoms with E-state index in [9.17, 15) is 0 Å². The molecule has 0 saturated heterocycles. The van der Waals surface area contributed by atoms with Crippen LogP contribution < -0.4 is 0 Å². The highest BCUT2D eigenvalue weighted by Gasteiger charge is 2.20. The van der Waals surface area contributed by atoms with Crippen LogP contribution in [0.4, 0.5) is 0 Å². The standard InChI is InChI=1S/C30H35NOS3/c1-23-11-9-17-27(19-23)33-30(34-28-18-10-12-24(2)20-28)21-29(31-35-26-15-7-4-8-16-26)32-22-25-13-5-3-6-14-25/h4,7-12,15-20,25,30H,3,5-6,13-14,21-22H2,1-2H3. The largest absolute Gasteiger partial charge is 0.480 e. The molecule has 184 valence electrons. The summed E-state index contributed by atoms with van der Waals surface area (Å²) in [4.78, 5) is 3.72. The summed E-state index contributed by atoms with van der Waals surface area (Å²) in [5.41, 5.74) is 2.58. The first-order valence-electron chi connectivity index (χ1n) is 12.5. The molecule has 5 heteroatoms. The Balaban J connectivity index is 1.52. The zero-order valence-corrected chi connectivity index (χ0v) is 23.1. The maximum absolute atomic E-state index is 6.46. The Hall–Kier alpha value is -1.82. The Morgan fingerprint density at radius 3 is 2.00 bits per heavy atom. The van der Waals surface area contributed by atoms with Gasteiger partial charge in [-0.05, 0) is 69.0 Å². The van der Waals surface area contributed by atoms with Crippen molar-refractivity contribution in [2.75, 3.05) is 6.61 Å². The van der Waals surface area contributed by atoms with Crippen molar-refractivity contribution < 1.29 is 4.74 Å². The number of ether oxygens (including phenoxy) is 1. The molecule has 0 bridgehead atoms. The molecule has 0 aliphatic heterocycles. The number of hydrogen-bond donors (Lipinski definition) is 0. The van der Waals surface area contributed by atoms with E-state index in [2.05, 4.69) is 86.6 Å². The molecule has 1 saturated carbocycles. The van der Waals surface area contributed by atoms with E-state index in [0.29, 0.717) is 5.92 Å². The van der Waals surface area contributed by atoms with Crippen LogP contribution in [0.25, 0.3) is 0 Å². The van der Waals surface area contributed by atoms with Crippen LogP contribution in [-0.2, 0) is 4.74 Å². The SMILES string of the molecule is Cc1cccc(SC(CC(=NSc2ccccc2)OCC2CCCCC2)Sc2cccc(C)c2)c1. The number of aryl methyl sites for hydroxylation is 2. The summed E-state index contributed by atoms with van der Waals surface area (Å²) in [7, 11) is 0. The molecule has 0 atom stereocenters. The first-order chi connectivity index (χ1) is 17.1. The third-order valence-electron chi connectivity index (χ3n) is 6.06. The second kappa shape index (κ2) is 14.1. The quantitative estimate of drug-likeness (QED) is 0.0870. The molecule has 2 nitrogen and oxygen atoms in total. The van der Waals surface area contributed by atoms with Gasteiger partial charge in [-0.3, -0.25) is 0 Å². The first-order valence-corrected chi connectivity index (χ1v) is 15.1. The fraction of sp³-hybridized carbons (Fsp3) is 0.367. The van der Waals surface area contributed by atoms with Gasteiger partial charge in [0.2, 0.25) is 0 Å². The van der Waals surface area contributed by atoms with Crippen molar-refractivity contribution in [2.24, 2.45) is 10.3 Å². The lowest BCUT2D eigenvalue weighted by atomic mass is 9.90. The summed E-state index contributed by atoms with van der Waals surface area (Å²) in [5, 5.41) is 0. The molecule has 1 fully saturated rings. The van der Waals surface area contributed by atoms with Gasteiger partial charge < -0.3 is 4.74 Å². The topological polar surface area (TPSA) is 21.6 Å². The summed E-state index contributed by atoms with van der Waals surface area (Å²) in [5.74, 6) is 1.51. The predicted octanol–water partition coefficient (Wildman–Crippen LogP) is 9.61. The number of hydrogen-bond acceptors (Lipinski definition) is 5. The lowest BCUT2D eigenvalue weighted by molar-refractivity contribution is 0.196. The van der Waals surface area contributed by atoms with Crippen LogP contribution in [0.3, 0.4) is 0 Å². The highest BCUT2D eigenvalue weighted by Crippen LogP contribution is 2.39. The third-order valence-corrected chi connectivity index (χ3v) is 9.33. The normalized spacial score (nSPS) is 14.9. The molecule has 0 radical (unpaired) electrons. The van der Waals surface area contributed by atoms with Gasteiger partial charge in [0.25, 0.3) is 0 Å². The molecule has 0 aromatic heterocycles. The lowest BCUT2D eigenvalue weighted by Crippen LogP contribution is -2.18. The van der Waals surface area contributed by atoms with Crippen LogP contribution >= 0.6 is 35.5 Å². The van der Waals surface area contributed by atoms with E-state index in [0.717, 1.165) is 23.8 Å². The van der Waals surface area contributed by atoms with Gasteiger partial charge in [-0.1, -0.05) is 72.9 Å². The van der Waals surface area contributed by atoms with Crippen LogP contribution in [0.5, 0.6) is 0 Å². The van der Waals surface area contributed by atoms with Crippen molar-refractivity contribution >= 4 is 41.4 Å². The fourth-order valence-electron chi connectivity index (χ4n) is 4.21. The van der Waals surface area contributed by atoms with E-state index >= 15 is 0 Å². The average molecular weight is 522 g/mol. The van der Waals surface area contributed by atoms with Gasteiger partial charge in [-0.25, -0.2) is 0 Å². The number of nitrogens with zero attached hydrogens (tertiary/aromatic N) is 1. The summed E-state index contributed by atoms with van der Waals surface area (Å²) in [6, 6.07) is 27.9. The van der Waals surface area contributed by atoms with Crippen molar-refractivity contribution in [3.8, 4) is 0 Å². The second-order valence-electron chi connectivity index (χ2n) is 9.21. The predicted molar refractivity (Wildman–Crippen MR) is 155 cm³/mol. The molecule has 0 amide bonds. The Labute approximate surface area is 223 Å². The second-order valence-corrected chi connectivity index (χ2v) is 12.9. The van der Waals surface area contributed by atoms with Gasteiger partial charge in [0.15, 0.2) is 5.90 Å². The molecular weight excluding hydrogens is 487 g/mol. The highest BCUT2D eigenvalue weighted by atomic mass is 32.2. The Bertz CT molecular complexity index is 1030. The van der Waals surface area contributed by atoms with Crippen molar-refractivity contribution in [3.63, 3.8) is 0 Å². The summed E-state index contributed by atoms with van der Waals surface area (Å²) in [6.45, 7) is 5.10. The van der Waals surface area contributed by atoms with Crippen LogP contribution in [-0.4, -0.2) is 17.1 Å². The molecule has 1 aliphatic rings. The monoisotopic (exact) mass is 521 g/mol. The van der Waals surface area contributed by atoms with Gasteiger partial charge in [-0.15, -0.1) is 23.5 Å². The van der Waals surface area contributed by atoms with Crippen LogP contribution in [0.1, 0.15) is 49.7 Å². The lowest BCUT2D eigenvalue weighted by Gasteiger charge is -2.23. The minimum absolute atomic E-state index is 0.264. The smallest absolute Gasteiger partial charge is 0.197 e. The van der Waals surface area contributed by atoms with Crippen molar-refractivity contribution in [1.29, 1.82) is 0 Å². The Morgan fingerprint density at radius 2 is 1.40 bits per heavy atom. The number of rotatable bonds is 10.